The third-order valence-electron chi connectivity index (χ3n) is 4.01. The lowest BCUT2D eigenvalue weighted by molar-refractivity contribution is 0.0527. The van der Waals surface area contributed by atoms with Crippen LogP contribution in [0.5, 0.6) is 0 Å². The summed E-state index contributed by atoms with van der Waals surface area (Å²) in [5.41, 5.74) is 0. The molecule has 0 saturated heterocycles. The van der Waals surface area contributed by atoms with E-state index in [4.69, 9.17) is 4.74 Å². The molecule has 0 aromatic heterocycles. The van der Waals surface area contributed by atoms with Crippen molar-refractivity contribution in [3.63, 3.8) is 0 Å². The fourth-order valence-electron chi connectivity index (χ4n) is 2.98. The molecule has 0 aromatic carbocycles. The van der Waals surface area contributed by atoms with Crippen LogP contribution in [0.4, 0.5) is 4.79 Å². The quantitative estimate of drug-likeness (QED) is 0.795. The maximum atomic E-state index is 11.8. The van der Waals surface area contributed by atoms with Crippen LogP contribution in [0.2, 0.25) is 0 Å². The van der Waals surface area contributed by atoms with E-state index >= 15 is 0 Å². The van der Waals surface area contributed by atoms with Gasteiger partial charge in [0.05, 0.1) is 0 Å². The van der Waals surface area contributed by atoms with Gasteiger partial charge in [0, 0.05) is 12.1 Å². The van der Waals surface area contributed by atoms with Crippen molar-refractivity contribution in [2.24, 2.45) is 0 Å². The number of amides is 1. The number of carbonyl (C=O) groups excluding carboxylic acids is 1. The number of alkyl carbamates (subject to hydrolysis) is 1. The molecule has 17 heavy (non-hydrogen) atoms. The Hall–Kier alpha value is -0.770. The molecule has 0 bridgehead atoms. The molecule has 98 valence electrons. The lowest BCUT2D eigenvalue weighted by Gasteiger charge is -2.31. The summed E-state index contributed by atoms with van der Waals surface area (Å²) >= 11 is 0. The van der Waals surface area contributed by atoms with Crippen molar-refractivity contribution in [1.29, 1.82) is 0 Å². The Balaban J connectivity index is 1.75. The fourth-order valence-corrected chi connectivity index (χ4v) is 2.98. The Bertz CT molecular complexity index is 252. The minimum Gasteiger partial charge on any atom is -0.445 e. The average Bonchev–Trinajstić information content (AvgIpc) is 2.82. The Morgan fingerprint density at radius 1 is 1.06 bits per heavy atom. The predicted octanol–water partition coefficient (Wildman–Crippen LogP) is 2.19. The minimum absolute atomic E-state index is 0.0511. The largest absolute Gasteiger partial charge is 0.445 e. The highest BCUT2D eigenvalue weighted by molar-refractivity contribution is 5.67. The lowest BCUT2D eigenvalue weighted by Crippen LogP contribution is -2.45. The number of ether oxygens (including phenoxy) is 1. The summed E-state index contributed by atoms with van der Waals surface area (Å²) in [4.78, 5) is 11.8. The van der Waals surface area contributed by atoms with Gasteiger partial charge in [0.2, 0.25) is 0 Å². The van der Waals surface area contributed by atoms with E-state index in [-0.39, 0.29) is 12.2 Å². The number of hydrogen-bond donors (Lipinski definition) is 2. The maximum Gasteiger partial charge on any atom is 0.407 e. The highest BCUT2D eigenvalue weighted by Gasteiger charge is 2.28. The van der Waals surface area contributed by atoms with Crippen LogP contribution in [-0.4, -0.2) is 31.3 Å². The molecule has 2 saturated carbocycles. The summed E-state index contributed by atoms with van der Waals surface area (Å²) in [5.74, 6) is 0. The molecule has 0 aromatic rings. The first kappa shape index (κ1) is 12.7. The fraction of sp³-hybridized carbons (Fsp3) is 0.923. The molecular formula is C13H24N2O2. The van der Waals surface area contributed by atoms with Crippen molar-refractivity contribution in [1.82, 2.24) is 10.6 Å². The summed E-state index contributed by atoms with van der Waals surface area (Å²) in [7, 11) is 1.95. The number of nitrogens with one attached hydrogen (secondary N) is 2. The van der Waals surface area contributed by atoms with Crippen LogP contribution < -0.4 is 10.6 Å². The van der Waals surface area contributed by atoms with Gasteiger partial charge < -0.3 is 15.4 Å². The zero-order valence-electron chi connectivity index (χ0n) is 10.7. The van der Waals surface area contributed by atoms with Crippen LogP contribution in [-0.2, 0) is 4.74 Å². The van der Waals surface area contributed by atoms with Gasteiger partial charge in [-0.2, -0.15) is 0 Å². The normalized spacial score (nSPS) is 30.2. The van der Waals surface area contributed by atoms with Crippen molar-refractivity contribution < 1.29 is 9.53 Å². The van der Waals surface area contributed by atoms with E-state index in [1.54, 1.807) is 0 Å². The van der Waals surface area contributed by atoms with Crippen molar-refractivity contribution in [2.45, 2.75) is 69.6 Å². The Kier molecular flexibility index (Phi) is 4.66. The highest BCUT2D eigenvalue weighted by atomic mass is 16.6. The van der Waals surface area contributed by atoms with E-state index in [1.807, 2.05) is 7.05 Å². The lowest BCUT2D eigenvalue weighted by atomic mass is 9.92. The van der Waals surface area contributed by atoms with Crippen LogP contribution in [0, 0.1) is 0 Å². The van der Waals surface area contributed by atoms with Gasteiger partial charge in [-0.15, -0.1) is 0 Å². The third kappa shape index (κ3) is 3.60. The van der Waals surface area contributed by atoms with Crippen LogP contribution in [0.15, 0.2) is 0 Å². The zero-order chi connectivity index (χ0) is 12.1. The third-order valence-corrected chi connectivity index (χ3v) is 4.01. The number of carbonyl (C=O) groups is 1. The molecule has 2 N–H and O–H groups in total. The van der Waals surface area contributed by atoms with Gasteiger partial charge in [0.15, 0.2) is 0 Å². The van der Waals surface area contributed by atoms with Gasteiger partial charge in [-0.05, 0) is 39.2 Å². The molecule has 1 amide bonds. The number of hydrogen-bond acceptors (Lipinski definition) is 3. The first-order chi connectivity index (χ1) is 8.29. The van der Waals surface area contributed by atoms with Crippen LogP contribution in [0.3, 0.4) is 0 Å². The zero-order valence-corrected chi connectivity index (χ0v) is 10.7. The van der Waals surface area contributed by atoms with Gasteiger partial charge in [-0.1, -0.05) is 19.3 Å². The molecule has 0 aliphatic heterocycles. The second-order valence-electron chi connectivity index (χ2n) is 5.25. The minimum atomic E-state index is -0.218. The summed E-state index contributed by atoms with van der Waals surface area (Å²) in [6.07, 6.45) is 9.00. The van der Waals surface area contributed by atoms with Crippen LogP contribution >= 0.6 is 0 Å². The van der Waals surface area contributed by atoms with E-state index in [1.165, 1.54) is 25.7 Å². The SMILES string of the molecule is CNC1CCCCC1OC(=O)NC1CCCC1. The van der Waals surface area contributed by atoms with Crippen molar-refractivity contribution in [2.75, 3.05) is 7.05 Å². The molecule has 2 fully saturated rings. The Morgan fingerprint density at radius 2 is 1.71 bits per heavy atom. The molecule has 4 heteroatoms. The van der Waals surface area contributed by atoms with Crippen molar-refractivity contribution >= 4 is 6.09 Å². The first-order valence-electron chi connectivity index (χ1n) is 6.94. The summed E-state index contributed by atoms with van der Waals surface area (Å²) in [6, 6.07) is 0.678. The van der Waals surface area contributed by atoms with Crippen LogP contribution in [0.25, 0.3) is 0 Å². The summed E-state index contributed by atoms with van der Waals surface area (Å²) in [5, 5.41) is 6.23. The van der Waals surface area contributed by atoms with Gasteiger partial charge in [-0.25, -0.2) is 4.79 Å². The summed E-state index contributed by atoms with van der Waals surface area (Å²) in [6.45, 7) is 0. The van der Waals surface area contributed by atoms with Gasteiger partial charge in [0.1, 0.15) is 6.10 Å². The Morgan fingerprint density at radius 3 is 2.41 bits per heavy atom. The van der Waals surface area contributed by atoms with E-state index in [9.17, 15) is 4.79 Å². The molecule has 0 heterocycles. The van der Waals surface area contributed by atoms with E-state index in [2.05, 4.69) is 10.6 Å². The molecule has 0 radical (unpaired) electrons. The number of likely N-dealkylation sites (N-methyl/N-ethyl adjacent to an activating group) is 1. The van der Waals surface area contributed by atoms with Crippen LogP contribution in [0.1, 0.15) is 51.4 Å². The molecule has 2 atom stereocenters. The van der Waals surface area contributed by atoms with Crippen molar-refractivity contribution in [3.05, 3.63) is 0 Å². The molecule has 2 aliphatic carbocycles. The topological polar surface area (TPSA) is 50.4 Å². The second-order valence-corrected chi connectivity index (χ2v) is 5.25. The molecule has 2 unspecified atom stereocenters. The van der Waals surface area contributed by atoms with Gasteiger partial charge in [-0.3, -0.25) is 0 Å². The summed E-state index contributed by atoms with van der Waals surface area (Å²) < 4.78 is 5.54. The standard InChI is InChI=1S/C13H24N2O2/c1-14-11-8-4-5-9-12(11)17-13(16)15-10-6-2-3-7-10/h10-12,14H,2-9H2,1H3,(H,15,16). The van der Waals surface area contributed by atoms with E-state index < -0.39 is 0 Å². The number of rotatable bonds is 3. The molecule has 0 spiro atoms. The van der Waals surface area contributed by atoms with Crippen molar-refractivity contribution in [3.8, 4) is 0 Å². The smallest absolute Gasteiger partial charge is 0.407 e. The second kappa shape index (κ2) is 6.24. The first-order valence-corrected chi connectivity index (χ1v) is 6.94. The van der Waals surface area contributed by atoms with Gasteiger partial charge >= 0.3 is 6.09 Å². The highest BCUT2D eigenvalue weighted by Crippen LogP contribution is 2.22. The maximum absolute atomic E-state index is 11.8. The molecule has 2 aliphatic rings. The Labute approximate surface area is 103 Å². The van der Waals surface area contributed by atoms with E-state index in [0.29, 0.717) is 12.1 Å². The molecule has 4 nitrogen and oxygen atoms in total. The average molecular weight is 240 g/mol. The van der Waals surface area contributed by atoms with Gasteiger partial charge in [0.25, 0.3) is 0 Å². The predicted molar refractivity (Wildman–Crippen MR) is 67.0 cm³/mol. The van der Waals surface area contributed by atoms with E-state index in [0.717, 1.165) is 25.7 Å². The molecular weight excluding hydrogens is 216 g/mol. The molecule has 2 rings (SSSR count). The monoisotopic (exact) mass is 240 g/mol.